The number of aliphatic hydroxyl groups is 1. The summed E-state index contributed by atoms with van der Waals surface area (Å²) in [4.78, 5) is 2.38. The molecule has 0 bridgehead atoms. The van der Waals surface area contributed by atoms with E-state index in [4.69, 9.17) is 4.52 Å². The molecule has 1 atom stereocenters. The molecule has 2 aromatic rings. The lowest BCUT2D eigenvalue weighted by molar-refractivity contribution is 0.141. The number of benzene rings is 1. The van der Waals surface area contributed by atoms with Gasteiger partial charge in [-0.3, -0.25) is 0 Å². The van der Waals surface area contributed by atoms with Crippen LogP contribution >= 0.6 is 0 Å². The maximum atomic E-state index is 13.2. The molecule has 1 aromatic heterocycles. The number of likely N-dealkylation sites (tertiary alicyclic amines) is 1. The summed E-state index contributed by atoms with van der Waals surface area (Å²) >= 11 is 0. The monoisotopic (exact) mass is 292 g/mol. The fraction of sp³-hybridized carbons (Fsp3) is 0.562. The first-order valence-electron chi connectivity index (χ1n) is 7.58. The topological polar surface area (TPSA) is 49.5 Å². The largest absolute Gasteiger partial charge is 0.393 e. The van der Waals surface area contributed by atoms with Gasteiger partial charge in [-0.25, -0.2) is 4.39 Å². The van der Waals surface area contributed by atoms with Crippen LogP contribution in [0.2, 0.25) is 0 Å². The maximum Gasteiger partial charge on any atom is 0.170 e. The minimum atomic E-state index is -0.293. The fourth-order valence-corrected chi connectivity index (χ4v) is 3.02. The first-order valence-corrected chi connectivity index (χ1v) is 7.58. The van der Waals surface area contributed by atoms with Gasteiger partial charge in [0.25, 0.3) is 0 Å². The zero-order valence-corrected chi connectivity index (χ0v) is 12.3. The third kappa shape index (κ3) is 3.24. The molecule has 5 heteroatoms. The van der Waals surface area contributed by atoms with E-state index < -0.39 is 0 Å². The Morgan fingerprint density at radius 2 is 2.19 bits per heavy atom. The molecule has 1 aliphatic heterocycles. The Balaban J connectivity index is 1.66. The van der Waals surface area contributed by atoms with E-state index in [1.54, 1.807) is 6.07 Å². The molecular weight excluding hydrogens is 271 g/mol. The summed E-state index contributed by atoms with van der Waals surface area (Å²) in [6, 6.07) is 4.61. The van der Waals surface area contributed by atoms with Crippen LogP contribution in [0, 0.1) is 5.82 Å². The van der Waals surface area contributed by atoms with E-state index in [1.807, 2.05) is 6.92 Å². The molecule has 0 unspecified atom stereocenters. The molecule has 4 nitrogen and oxygen atoms in total. The SMILES string of the molecule is C[C@@H](O)CCN1CCC(c2noc3cc(F)ccc23)CC1. The van der Waals surface area contributed by atoms with Gasteiger partial charge in [0, 0.05) is 23.9 Å². The predicted octanol–water partition coefficient (Wildman–Crippen LogP) is 2.92. The van der Waals surface area contributed by atoms with E-state index in [0.717, 1.165) is 50.0 Å². The third-order valence-corrected chi connectivity index (χ3v) is 4.30. The predicted molar refractivity (Wildman–Crippen MR) is 78.7 cm³/mol. The highest BCUT2D eigenvalue weighted by Gasteiger charge is 2.25. The lowest BCUT2D eigenvalue weighted by Crippen LogP contribution is -2.34. The van der Waals surface area contributed by atoms with Crippen molar-refractivity contribution in [2.45, 2.75) is 38.2 Å². The van der Waals surface area contributed by atoms with Crippen molar-refractivity contribution in [1.82, 2.24) is 10.1 Å². The zero-order valence-electron chi connectivity index (χ0n) is 12.3. The van der Waals surface area contributed by atoms with Gasteiger partial charge in [-0.2, -0.15) is 0 Å². The van der Waals surface area contributed by atoms with Gasteiger partial charge in [-0.1, -0.05) is 5.16 Å². The molecule has 114 valence electrons. The molecular formula is C16H21FN2O2. The molecule has 1 aromatic carbocycles. The fourth-order valence-electron chi connectivity index (χ4n) is 3.02. The van der Waals surface area contributed by atoms with E-state index >= 15 is 0 Å². The highest BCUT2D eigenvalue weighted by atomic mass is 19.1. The van der Waals surface area contributed by atoms with Crippen LogP contribution in [0.1, 0.15) is 37.8 Å². The minimum Gasteiger partial charge on any atom is -0.393 e. The Bertz CT molecular complexity index is 603. The lowest BCUT2D eigenvalue weighted by Gasteiger charge is -2.31. The minimum absolute atomic E-state index is 0.239. The highest BCUT2D eigenvalue weighted by molar-refractivity contribution is 5.79. The number of nitrogens with zero attached hydrogens (tertiary/aromatic N) is 2. The Morgan fingerprint density at radius 1 is 1.43 bits per heavy atom. The number of piperidine rings is 1. The number of hydrogen-bond donors (Lipinski definition) is 1. The van der Waals surface area contributed by atoms with Crippen molar-refractivity contribution >= 4 is 11.0 Å². The maximum absolute atomic E-state index is 13.2. The number of aliphatic hydroxyl groups excluding tert-OH is 1. The third-order valence-electron chi connectivity index (χ3n) is 4.30. The first kappa shape index (κ1) is 14.5. The van der Waals surface area contributed by atoms with Crippen LogP contribution < -0.4 is 0 Å². The number of halogens is 1. The molecule has 1 N–H and O–H groups in total. The lowest BCUT2D eigenvalue weighted by atomic mass is 9.91. The Labute approximate surface area is 123 Å². The van der Waals surface area contributed by atoms with Gasteiger partial charge < -0.3 is 14.5 Å². The van der Waals surface area contributed by atoms with Crippen molar-refractivity contribution in [1.29, 1.82) is 0 Å². The number of rotatable bonds is 4. The van der Waals surface area contributed by atoms with Gasteiger partial charge in [0.15, 0.2) is 5.58 Å². The standard InChI is InChI=1S/C16H21FN2O2/c1-11(20)4-7-19-8-5-12(6-9-19)16-14-3-2-13(17)10-15(14)21-18-16/h2-3,10-12,20H,4-9H2,1H3/t11-/m1/s1. The highest BCUT2D eigenvalue weighted by Crippen LogP contribution is 2.32. The number of hydrogen-bond acceptors (Lipinski definition) is 4. The van der Waals surface area contributed by atoms with Crippen LogP contribution in [0.3, 0.4) is 0 Å². The zero-order chi connectivity index (χ0) is 14.8. The smallest absolute Gasteiger partial charge is 0.170 e. The second-order valence-electron chi connectivity index (χ2n) is 5.96. The van der Waals surface area contributed by atoms with Crippen LogP contribution in [0.25, 0.3) is 11.0 Å². The van der Waals surface area contributed by atoms with Gasteiger partial charge in [-0.05, 0) is 51.4 Å². The van der Waals surface area contributed by atoms with E-state index in [1.165, 1.54) is 12.1 Å². The van der Waals surface area contributed by atoms with Crippen molar-refractivity contribution in [2.24, 2.45) is 0 Å². The van der Waals surface area contributed by atoms with E-state index in [-0.39, 0.29) is 11.9 Å². The summed E-state index contributed by atoms with van der Waals surface area (Å²) < 4.78 is 18.4. The molecule has 1 fully saturated rings. The Kier molecular flexibility index (Phi) is 4.22. The second-order valence-corrected chi connectivity index (χ2v) is 5.96. The summed E-state index contributed by atoms with van der Waals surface area (Å²) in [5, 5.41) is 14.4. The van der Waals surface area contributed by atoms with E-state index in [2.05, 4.69) is 10.1 Å². The molecule has 2 heterocycles. The molecule has 3 rings (SSSR count). The first-order chi connectivity index (χ1) is 10.1. The quantitative estimate of drug-likeness (QED) is 0.941. The van der Waals surface area contributed by atoms with Gasteiger partial charge in [0.2, 0.25) is 0 Å². The molecule has 1 saturated heterocycles. The van der Waals surface area contributed by atoms with E-state index in [0.29, 0.717) is 11.5 Å². The molecule has 0 aliphatic carbocycles. The summed E-state index contributed by atoms with van der Waals surface area (Å²) in [6.07, 6.45) is 2.63. The van der Waals surface area contributed by atoms with Crippen molar-refractivity contribution in [3.8, 4) is 0 Å². The van der Waals surface area contributed by atoms with Crippen LogP contribution in [-0.4, -0.2) is 40.9 Å². The summed E-state index contributed by atoms with van der Waals surface area (Å²) in [5.41, 5.74) is 1.49. The van der Waals surface area contributed by atoms with Crippen molar-refractivity contribution in [3.63, 3.8) is 0 Å². The van der Waals surface area contributed by atoms with Crippen molar-refractivity contribution in [3.05, 3.63) is 29.7 Å². The van der Waals surface area contributed by atoms with Crippen molar-refractivity contribution < 1.29 is 14.0 Å². The molecule has 21 heavy (non-hydrogen) atoms. The van der Waals surface area contributed by atoms with Crippen LogP contribution in [-0.2, 0) is 0 Å². The summed E-state index contributed by atoms with van der Waals surface area (Å²) in [5.74, 6) is 0.0812. The second kappa shape index (κ2) is 6.12. The van der Waals surface area contributed by atoms with Gasteiger partial charge in [-0.15, -0.1) is 0 Å². The van der Waals surface area contributed by atoms with Crippen LogP contribution in [0.4, 0.5) is 4.39 Å². The van der Waals surface area contributed by atoms with E-state index in [9.17, 15) is 9.50 Å². The Hall–Kier alpha value is -1.46. The normalized spacial score (nSPS) is 19.2. The van der Waals surface area contributed by atoms with Gasteiger partial charge in [0.1, 0.15) is 5.82 Å². The Morgan fingerprint density at radius 3 is 2.90 bits per heavy atom. The average Bonchev–Trinajstić information content (AvgIpc) is 2.88. The van der Waals surface area contributed by atoms with Crippen LogP contribution in [0.15, 0.2) is 22.7 Å². The number of fused-ring (bicyclic) bond motifs is 1. The van der Waals surface area contributed by atoms with Crippen molar-refractivity contribution in [2.75, 3.05) is 19.6 Å². The molecule has 0 radical (unpaired) electrons. The number of aromatic nitrogens is 1. The molecule has 1 aliphatic rings. The van der Waals surface area contributed by atoms with Gasteiger partial charge >= 0.3 is 0 Å². The average molecular weight is 292 g/mol. The summed E-state index contributed by atoms with van der Waals surface area (Å²) in [6.45, 7) is 4.78. The van der Waals surface area contributed by atoms with Crippen LogP contribution in [0.5, 0.6) is 0 Å². The molecule has 0 spiro atoms. The van der Waals surface area contributed by atoms with Gasteiger partial charge in [0.05, 0.1) is 11.8 Å². The summed E-state index contributed by atoms with van der Waals surface area (Å²) in [7, 11) is 0. The molecule has 0 amide bonds. The molecule has 0 saturated carbocycles.